The van der Waals surface area contributed by atoms with Gasteiger partial charge in [0, 0.05) is 26.8 Å². The van der Waals surface area contributed by atoms with Crippen LogP contribution in [0.1, 0.15) is 5.56 Å². The highest BCUT2D eigenvalue weighted by Crippen LogP contribution is 2.25. The summed E-state index contributed by atoms with van der Waals surface area (Å²) in [4.78, 5) is 11.0. The fraction of sp³-hybridized carbons (Fsp3) is 0.267. The predicted molar refractivity (Wildman–Crippen MR) is 85.1 cm³/mol. The number of nitrogens with zero attached hydrogens (tertiary/aromatic N) is 5. The summed E-state index contributed by atoms with van der Waals surface area (Å²) >= 11 is 0. The van der Waals surface area contributed by atoms with E-state index in [4.69, 9.17) is 0 Å². The molecule has 0 fully saturated rings. The molecule has 2 heterocycles. The van der Waals surface area contributed by atoms with Crippen LogP contribution in [0.2, 0.25) is 0 Å². The first kappa shape index (κ1) is 13.4. The van der Waals surface area contributed by atoms with Crippen molar-refractivity contribution in [3.8, 4) is 0 Å². The summed E-state index contributed by atoms with van der Waals surface area (Å²) in [6.45, 7) is 2.07. The molecule has 0 saturated carbocycles. The number of fused-ring (bicyclic) bond motifs is 1. The number of hydrogen-bond donors (Lipinski definition) is 1. The van der Waals surface area contributed by atoms with E-state index in [1.54, 1.807) is 10.9 Å². The highest BCUT2D eigenvalue weighted by atomic mass is 15.3. The van der Waals surface area contributed by atoms with Crippen molar-refractivity contribution in [2.45, 2.75) is 6.92 Å². The minimum absolute atomic E-state index is 0.653. The molecule has 21 heavy (non-hydrogen) atoms. The van der Waals surface area contributed by atoms with E-state index >= 15 is 0 Å². The van der Waals surface area contributed by atoms with Gasteiger partial charge in [0.05, 0.1) is 11.6 Å². The van der Waals surface area contributed by atoms with E-state index in [1.165, 1.54) is 5.56 Å². The Morgan fingerprint density at radius 3 is 2.48 bits per heavy atom. The number of anilines is 3. The van der Waals surface area contributed by atoms with Crippen LogP contribution in [0.4, 0.5) is 17.5 Å². The zero-order valence-electron chi connectivity index (χ0n) is 12.6. The van der Waals surface area contributed by atoms with Crippen molar-refractivity contribution in [3.63, 3.8) is 0 Å². The van der Waals surface area contributed by atoms with Crippen molar-refractivity contribution in [1.82, 2.24) is 19.7 Å². The molecule has 0 bridgehead atoms. The van der Waals surface area contributed by atoms with Crippen molar-refractivity contribution in [2.75, 3.05) is 24.3 Å². The Morgan fingerprint density at radius 2 is 1.81 bits per heavy atom. The second-order valence-corrected chi connectivity index (χ2v) is 5.26. The van der Waals surface area contributed by atoms with Crippen LogP contribution in [0.15, 0.2) is 30.5 Å². The second-order valence-electron chi connectivity index (χ2n) is 5.26. The molecule has 1 N–H and O–H groups in total. The Kier molecular flexibility index (Phi) is 3.21. The molecular formula is C15H18N6. The number of hydrogen-bond acceptors (Lipinski definition) is 5. The number of aromatic nitrogens is 4. The first-order chi connectivity index (χ1) is 10.0. The molecule has 6 nitrogen and oxygen atoms in total. The Bertz CT molecular complexity index is 773. The van der Waals surface area contributed by atoms with Crippen LogP contribution in [-0.4, -0.2) is 33.8 Å². The number of rotatable bonds is 3. The number of aryl methyl sites for hydroxylation is 2. The predicted octanol–water partition coefficient (Wildman–Crippen LogP) is 2.48. The maximum absolute atomic E-state index is 4.58. The lowest BCUT2D eigenvalue weighted by molar-refractivity contribution is 0.784. The second kappa shape index (κ2) is 5.05. The first-order valence-corrected chi connectivity index (χ1v) is 6.75. The molecule has 108 valence electrons. The lowest BCUT2D eigenvalue weighted by Crippen LogP contribution is -2.14. The molecule has 0 unspecified atom stereocenters. The summed E-state index contributed by atoms with van der Waals surface area (Å²) in [6, 6.07) is 8.21. The lowest BCUT2D eigenvalue weighted by Gasteiger charge is -2.13. The van der Waals surface area contributed by atoms with Crippen molar-refractivity contribution in [3.05, 3.63) is 36.0 Å². The molecule has 0 saturated heterocycles. The van der Waals surface area contributed by atoms with E-state index < -0.39 is 0 Å². The zero-order chi connectivity index (χ0) is 15.0. The van der Waals surface area contributed by atoms with Gasteiger partial charge in [-0.05, 0) is 19.1 Å². The Hall–Kier alpha value is -2.63. The van der Waals surface area contributed by atoms with Crippen LogP contribution in [0.5, 0.6) is 0 Å². The van der Waals surface area contributed by atoms with Gasteiger partial charge in [0.25, 0.3) is 0 Å². The molecule has 6 heteroatoms. The van der Waals surface area contributed by atoms with Gasteiger partial charge in [-0.1, -0.05) is 17.7 Å². The normalized spacial score (nSPS) is 10.9. The van der Waals surface area contributed by atoms with Gasteiger partial charge in [-0.15, -0.1) is 0 Å². The topological polar surface area (TPSA) is 58.9 Å². The summed E-state index contributed by atoms with van der Waals surface area (Å²) in [5, 5.41) is 8.53. The molecule has 0 radical (unpaired) electrons. The fourth-order valence-electron chi connectivity index (χ4n) is 2.08. The third-order valence-corrected chi connectivity index (χ3v) is 3.29. The van der Waals surface area contributed by atoms with Gasteiger partial charge in [-0.2, -0.15) is 15.1 Å². The van der Waals surface area contributed by atoms with Crippen molar-refractivity contribution < 1.29 is 0 Å². The molecular weight excluding hydrogens is 264 g/mol. The lowest BCUT2D eigenvalue weighted by atomic mass is 10.2. The molecule has 3 rings (SSSR count). The smallest absolute Gasteiger partial charge is 0.228 e. The number of benzene rings is 1. The maximum Gasteiger partial charge on any atom is 0.228 e. The van der Waals surface area contributed by atoms with Crippen LogP contribution >= 0.6 is 0 Å². The van der Waals surface area contributed by atoms with Crippen molar-refractivity contribution in [2.24, 2.45) is 7.05 Å². The molecule has 0 spiro atoms. The van der Waals surface area contributed by atoms with E-state index in [2.05, 4.69) is 39.4 Å². The summed E-state index contributed by atoms with van der Waals surface area (Å²) in [5.41, 5.74) is 3.03. The summed E-state index contributed by atoms with van der Waals surface area (Å²) < 4.78 is 1.75. The van der Waals surface area contributed by atoms with Crippen LogP contribution in [0, 0.1) is 6.92 Å². The molecule has 3 aromatic rings. The number of nitrogens with one attached hydrogen (secondary N) is 1. The van der Waals surface area contributed by atoms with Crippen molar-refractivity contribution >= 4 is 28.5 Å². The van der Waals surface area contributed by atoms with Crippen LogP contribution in [0.3, 0.4) is 0 Å². The SMILES string of the molecule is Cc1ccc(Nc2nc(N(C)C)nc3c2cnn3C)cc1. The average Bonchev–Trinajstić information content (AvgIpc) is 2.83. The van der Waals surface area contributed by atoms with Gasteiger partial charge in [0.15, 0.2) is 5.65 Å². The maximum atomic E-state index is 4.58. The third kappa shape index (κ3) is 2.52. The van der Waals surface area contributed by atoms with E-state index in [0.717, 1.165) is 22.5 Å². The summed E-state index contributed by atoms with van der Waals surface area (Å²) in [5.74, 6) is 1.42. The molecule has 0 amide bonds. The summed E-state index contributed by atoms with van der Waals surface area (Å²) in [7, 11) is 5.73. The highest BCUT2D eigenvalue weighted by molar-refractivity contribution is 5.89. The van der Waals surface area contributed by atoms with Crippen LogP contribution in [-0.2, 0) is 7.05 Å². The Morgan fingerprint density at radius 1 is 1.10 bits per heavy atom. The largest absolute Gasteiger partial charge is 0.347 e. The van der Waals surface area contributed by atoms with Gasteiger partial charge in [-0.3, -0.25) is 4.68 Å². The minimum atomic E-state index is 0.653. The van der Waals surface area contributed by atoms with E-state index in [-0.39, 0.29) is 0 Å². The summed E-state index contributed by atoms with van der Waals surface area (Å²) in [6.07, 6.45) is 1.78. The van der Waals surface area contributed by atoms with Gasteiger partial charge < -0.3 is 10.2 Å². The van der Waals surface area contributed by atoms with E-state index in [0.29, 0.717) is 5.95 Å². The Labute approximate surface area is 123 Å². The first-order valence-electron chi connectivity index (χ1n) is 6.75. The van der Waals surface area contributed by atoms with Gasteiger partial charge in [0.1, 0.15) is 5.82 Å². The zero-order valence-corrected chi connectivity index (χ0v) is 12.6. The highest BCUT2D eigenvalue weighted by Gasteiger charge is 2.12. The molecule has 0 aliphatic carbocycles. The molecule has 2 aromatic heterocycles. The monoisotopic (exact) mass is 282 g/mol. The fourth-order valence-corrected chi connectivity index (χ4v) is 2.08. The molecule has 1 aromatic carbocycles. The molecule has 0 aliphatic heterocycles. The molecule has 0 atom stereocenters. The van der Waals surface area contributed by atoms with Crippen LogP contribution in [0.25, 0.3) is 11.0 Å². The Balaban J connectivity index is 2.09. The minimum Gasteiger partial charge on any atom is -0.347 e. The quantitative estimate of drug-likeness (QED) is 0.799. The van der Waals surface area contributed by atoms with Crippen molar-refractivity contribution in [1.29, 1.82) is 0 Å². The molecule has 0 aliphatic rings. The van der Waals surface area contributed by atoms with Crippen LogP contribution < -0.4 is 10.2 Å². The van der Waals surface area contributed by atoms with Gasteiger partial charge >= 0.3 is 0 Å². The standard InChI is InChI=1S/C15H18N6/c1-10-5-7-11(8-6-10)17-13-12-9-16-21(4)14(12)19-15(18-13)20(2)3/h5-9H,1-4H3,(H,17,18,19). The third-order valence-electron chi connectivity index (χ3n) is 3.29. The average molecular weight is 282 g/mol. The van der Waals surface area contributed by atoms with E-state index in [9.17, 15) is 0 Å². The van der Waals surface area contributed by atoms with Gasteiger partial charge in [-0.25, -0.2) is 0 Å². The van der Waals surface area contributed by atoms with E-state index in [1.807, 2.05) is 38.2 Å². The van der Waals surface area contributed by atoms with Gasteiger partial charge in [0.2, 0.25) is 5.95 Å².